The Kier molecular flexibility index (Phi) is 6.29. The first-order valence-electron chi connectivity index (χ1n) is 10.0. The van der Waals surface area contributed by atoms with E-state index >= 15 is 0 Å². The van der Waals surface area contributed by atoms with E-state index in [9.17, 15) is 13.2 Å². The summed E-state index contributed by atoms with van der Waals surface area (Å²) in [5.41, 5.74) is 0.165. The highest BCUT2D eigenvalue weighted by Crippen LogP contribution is 2.27. The summed E-state index contributed by atoms with van der Waals surface area (Å²) in [6, 6.07) is 7.78. The molecule has 10 heteroatoms. The van der Waals surface area contributed by atoms with E-state index in [1.165, 1.54) is 11.8 Å². The van der Waals surface area contributed by atoms with E-state index in [0.29, 0.717) is 26.2 Å². The number of para-hydroxylation sites is 1. The Bertz CT molecular complexity index is 1040. The van der Waals surface area contributed by atoms with Crippen LogP contribution in [0.4, 0.5) is 0 Å². The van der Waals surface area contributed by atoms with Crippen molar-refractivity contribution in [2.75, 3.05) is 43.6 Å². The molecule has 8 nitrogen and oxygen atoms in total. The van der Waals surface area contributed by atoms with E-state index in [4.69, 9.17) is 14.7 Å². The molecule has 2 aliphatic heterocycles. The van der Waals surface area contributed by atoms with Gasteiger partial charge < -0.3 is 10.1 Å². The second-order valence-electron chi connectivity index (χ2n) is 8.09. The highest BCUT2D eigenvalue weighted by atomic mass is 32.2. The first-order chi connectivity index (χ1) is 14.3. The lowest BCUT2D eigenvalue weighted by Crippen LogP contribution is -2.47. The Morgan fingerprint density at radius 1 is 1.27 bits per heavy atom. The second-order valence-corrected chi connectivity index (χ2v) is 11.2. The minimum absolute atomic E-state index is 0.00343. The van der Waals surface area contributed by atoms with Crippen molar-refractivity contribution in [3.63, 3.8) is 0 Å². The van der Waals surface area contributed by atoms with Crippen molar-refractivity contribution in [1.29, 1.82) is 0 Å². The Labute approximate surface area is 180 Å². The number of nitrogens with one attached hydrogen (secondary N) is 1. The van der Waals surface area contributed by atoms with Gasteiger partial charge in [0, 0.05) is 18.5 Å². The van der Waals surface area contributed by atoms with Crippen molar-refractivity contribution in [2.24, 2.45) is 0 Å². The number of ether oxygens (including phenoxy) is 1. The van der Waals surface area contributed by atoms with Gasteiger partial charge in [-0.1, -0.05) is 30.0 Å². The quantitative estimate of drug-likeness (QED) is 0.518. The number of amides is 1. The highest BCUT2D eigenvalue weighted by Gasteiger charge is 2.39. The van der Waals surface area contributed by atoms with Crippen molar-refractivity contribution in [2.45, 2.75) is 30.5 Å². The lowest BCUT2D eigenvalue weighted by Gasteiger charge is -2.26. The maximum Gasteiger partial charge on any atom is 0.230 e. The monoisotopic (exact) mass is 450 g/mol. The zero-order valence-electron chi connectivity index (χ0n) is 17.0. The topological polar surface area (TPSA) is 101 Å². The van der Waals surface area contributed by atoms with Crippen LogP contribution in [0.15, 0.2) is 29.3 Å². The number of carbonyl (C=O) groups excluding carboxylic acids is 1. The molecular weight excluding hydrogens is 424 g/mol. The number of nitrogens with zero attached hydrogens (tertiary/aromatic N) is 3. The lowest BCUT2D eigenvalue weighted by atomic mass is 10.0. The van der Waals surface area contributed by atoms with Crippen LogP contribution < -0.4 is 5.32 Å². The van der Waals surface area contributed by atoms with Crippen LogP contribution in [-0.2, 0) is 25.9 Å². The Morgan fingerprint density at radius 3 is 2.77 bits per heavy atom. The molecule has 3 heterocycles. The normalized spacial score (nSPS) is 24.2. The predicted octanol–water partition coefficient (Wildman–Crippen LogP) is 1.25. The van der Waals surface area contributed by atoms with E-state index in [1.807, 2.05) is 24.3 Å². The molecule has 0 unspecified atom stereocenters. The van der Waals surface area contributed by atoms with Gasteiger partial charge in [0.1, 0.15) is 10.9 Å². The van der Waals surface area contributed by atoms with Crippen LogP contribution in [0.1, 0.15) is 19.2 Å². The van der Waals surface area contributed by atoms with Gasteiger partial charge in [0.25, 0.3) is 0 Å². The number of sulfone groups is 1. The van der Waals surface area contributed by atoms with Crippen LogP contribution in [0.3, 0.4) is 0 Å². The predicted molar refractivity (Wildman–Crippen MR) is 116 cm³/mol. The third-order valence-electron chi connectivity index (χ3n) is 5.37. The Hall–Kier alpha value is -1.75. The number of hydrogen-bond acceptors (Lipinski definition) is 8. The minimum atomic E-state index is -3.07. The first-order valence-corrected chi connectivity index (χ1v) is 12.8. The van der Waals surface area contributed by atoms with E-state index in [-0.39, 0.29) is 23.2 Å². The van der Waals surface area contributed by atoms with Crippen LogP contribution in [0.25, 0.3) is 10.9 Å². The van der Waals surface area contributed by atoms with Crippen molar-refractivity contribution in [3.8, 4) is 0 Å². The van der Waals surface area contributed by atoms with Crippen LogP contribution in [-0.4, -0.2) is 78.3 Å². The van der Waals surface area contributed by atoms with Crippen LogP contribution in [0.2, 0.25) is 0 Å². The number of rotatable bonds is 6. The molecule has 1 aromatic carbocycles. The third kappa shape index (κ3) is 5.29. The number of fused-ring (bicyclic) bond motifs is 1. The average Bonchev–Trinajstić information content (AvgIpc) is 2.99. The summed E-state index contributed by atoms with van der Waals surface area (Å²) >= 11 is 1.36. The fourth-order valence-electron chi connectivity index (χ4n) is 3.85. The van der Waals surface area contributed by atoms with Crippen LogP contribution in [0, 0.1) is 0 Å². The van der Waals surface area contributed by atoms with E-state index < -0.39 is 15.4 Å². The molecule has 30 heavy (non-hydrogen) atoms. The van der Waals surface area contributed by atoms with Gasteiger partial charge in [-0.2, -0.15) is 0 Å². The molecule has 0 bridgehead atoms. The van der Waals surface area contributed by atoms with Crippen molar-refractivity contribution in [1.82, 2.24) is 20.2 Å². The molecule has 2 aromatic rings. The number of aromatic nitrogens is 2. The smallest absolute Gasteiger partial charge is 0.230 e. The van der Waals surface area contributed by atoms with E-state index in [2.05, 4.69) is 10.2 Å². The summed E-state index contributed by atoms with van der Waals surface area (Å²) in [6.45, 7) is 5.56. The number of thioether (sulfide) groups is 1. The molecule has 1 amide bonds. The molecule has 0 saturated carbocycles. The zero-order valence-corrected chi connectivity index (χ0v) is 18.6. The van der Waals surface area contributed by atoms with Gasteiger partial charge in [-0.15, -0.1) is 0 Å². The first kappa shape index (κ1) is 21.5. The number of carbonyl (C=O) groups is 1. The standard InChI is InChI=1S/C20H26N4O4S2/c1-20(6-11-30(26,27)14-20)23-18(25)13-29-19-15-4-2-3-5-16(15)21-17(22-19)12-24-7-9-28-10-8-24/h2-5H,6-14H2,1H3,(H,23,25)/t20-/m0/s1. The van der Waals surface area contributed by atoms with Crippen LogP contribution in [0.5, 0.6) is 0 Å². The zero-order chi connectivity index (χ0) is 21.2. The van der Waals surface area contributed by atoms with E-state index in [0.717, 1.165) is 34.8 Å². The summed E-state index contributed by atoms with van der Waals surface area (Å²) in [6.07, 6.45) is 0.450. The fourth-order valence-corrected chi connectivity index (χ4v) is 6.78. The molecule has 1 N–H and O–H groups in total. The molecule has 162 valence electrons. The minimum Gasteiger partial charge on any atom is -0.379 e. The van der Waals surface area contributed by atoms with Gasteiger partial charge in [-0.25, -0.2) is 18.4 Å². The summed E-state index contributed by atoms with van der Waals surface area (Å²) in [7, 11) is -3.07. The van der Waals surface area contributed by atoms with Gasteiger partial charge in [0.2, 0.25) is 5.91 Å². The third-order valence-corrected chi connectivity index (χ3v) is 8.26. The maximum absolute atomic E-state index is 12.5. The highest BCUT2D eigenvalue weighted by molar-refractivity contribution is 8.00. The molecule has 0 aliphatic carbocycles. The van der Waals surface area contributed by atoms with Gasteiger partial charge >= 0.3 is 0 Å². The molecule has 0 radical (unpaired) electrons. The average molecular weight is 451 g/mol. The van der Waals surface area contributed by atoms with Gasteiger partial charge in [0.05, 0.1) is 48.1 Å². The van der Waals surface area contributed by atoms with Gasteiger partial charge in [-0.05, 0) is 19.4 Å². The Morgan fingerprint density at radius 2 is 2.03 bits per heavy atom. The SMILES string of the molecule is C[C@]1(NC(=O)CSc2nc(CN3CCOCC3)nc3ccccc23)CCS(=O)(=O)C1. The van der Waals surface area contributed by atoms with Gasteiger partial charge in [-0.3, -0.25) is 9.69 Å². The molecule has 0 spiro atoms. The lowest BCUT2D eigenvalue weighted by molar-refractivity contribution is -0.120. The van der Waals surface area contributed by atoms with Crippen molar-refractivity contribution >= 4 is 38.4 Å². The van der Waals surface area contributed by atoms with E-state index in [1.54, 1.807) is 6.92 Å². The van der Waals surface area contributed by atoms with Crippen molar-refractivity contribution < 1.29 is 17.9 Å². The molecule has 4 rings (SSSR count). The molecule has 2 aliphatic rings. The Balaban J connectivity index is 1.46. The molecular formula is C20H26N4O4S2. The summed E-state index contributed by atoms with van der Waals surface area (Å²) in [4.78, 5) is 24.2. The fraction of sp³-hybridized carbons (Fsp3) is 0.550. The summed E-state index contributed by atoms with van der Waals surface area (Å²) in [5, 5.41) is 4.58. The molecule has 2 fully saturated rings. The molecule has 1 atom stereocenters. The summed E-state index contributed by atoms with van der Waals surface area (Å²) < 4.78 is 28.9. The number of benzene rings is 1. The number of hydrogen-bond donors (Lipinski definition) is 1. The summed E-state index contributed by atoms with van der Waals surface area (Å²) in [5.74, 6) is 0.840. The number of morpholine rings is 1. The maximum atomic E-state index is 12.5. The van der Waals surface area contributed by atoms with Gasteiger partial charge in [0.15, 0.2) is 9.84 Å². The van der Waals surface area contributed by atoms with Crippen LogP contribution >= 0.6 is 11.8 Å². The molecule has 1 aromatic heterocycles. The molecule has 2 saturated heterocycles. The largest absolute Gasteiger partial charge is 0.379 e. The van der Waals surface area contributed by atoms with Crippen molar-refractivity contribution in [3.05, 3.63) is 30.1 Å². The second kappa shape index (κ2) is 8.78.